The van der Waals surface area contributed by atoms with Crippen molar-refractivity contribution in [3.63, 3.8) is 0 Å². The minimum atomic E-state index is -0.281. The first kappa shape index (κ1) is 11.6. The molecule has 92 valence electrons. The van der Waals surface area contributed by atoms with E-state index >= 15 is 0 Å². The fourth-order valence-electron chi connectivity index (χ4n) is 1.74. The molecular formula is C11H9ClN4OS. The SMILES string of the molecule is O=C(Nc1ncns1)c1nc(Cl)ccc1C1CC1. The number of nitrogens with zero attached hydrogens (tertiary/aromatic N) is 3. The number of carbonyl (C=O) groups excluding carboxylic acids is 1. The van der Waals surface area contributed by atoms with Crippen molar-refractivity contribution < 1.29 is 4.79 Å². The molecular weight excluding hydrogens is 272 g/mol. The summed E-state index contributed by atoms with van der Waals surface area (Å²) in [5.41, 5.74) is 1.35. The number of anilines is 1. The molecule has 0 radical (unpaired) electrons. The van der Waals surface area contributed by atoms with Crippen LogP contribution in [0.1, 0.15) is 34.8 Å². The zero-order valence-corrected chi connectivity index (χ0v) is 10.8. The van der Waals surface area contributed by atoms with Crippen LogP contribution < -0.4 is 5.32 Å². The molecule has 3 rings (SSSR count). The third kappa shape index (κ3) is 2.34. The summed E-state index contributed by atoms with van der Waals surface area (Å²) in [5.74, 6) is 0.154. The second-order valence-electron chi connectivity index (χ2n) is 4.05. The van der Waals surface area contributed by atoms with Crippen LogP contribution in [0.5, 0.6) is 0 Å². The van der Waals surface area contributed by atoms with Gasteiger partial charge >= 0.3 is 0 Å². The van der Waals surface area contributed by atoms with E-state index in [0.717, 1.165) is 29.9 Å². The van der Waals surface area contributed by atoms with Gasteiger partial charge < -0.3 is 0 Å². The van der Waals surface area contributed by atoms with E-state index in [1.807, 2.05) is 6.07 Å². The maximum absolute atomic E-state index is 12.1. The van der Waals surface area contributed by atoms with E-state index in [4.69, 9.17) is 11.6 Å². The smallest absolute Gasteiger partial charge is 0.276 e. The van der Waals surface area contributed by atoms with Crippen LogP contribution in [0, 0.1) is 0 Å². The third-order valence-electron chi connectivity index (χ3n) is 2.71. The van der Waals surface area contributed by atoms with Crippen LogP contribution in [-0.2, 0) is 0 Å². The normalized spacial score (nSPS) is 14.5. The number of nitrogens with one attached hydrogen (secondary N) is 1. The summed E-state index contributed by atoms with van der Waals surface area (Å²) in [6.07, 6.45) is 3.60. The standard InChI is InChI=1S/C11H9ClN4OS/c12-8-4-3-7(6-1-2-6)9(15-8)10(17)16-11-13-5-14-18-11/h3-6H,1-2H2,(H,13,14,16,17). The lowest BCUT2D eigenvalue weighted by Crippen LogP contribution is -2.16. The molecule has 0 spiro atoms. The summed E-state index contributed by atoms with van der Waals surface area (Å²) in [7, 11) is 0. The van der Waals surface area contributed by atoms with E-state index in [0.29, 0.717) is 21.9 Å². The fourth-order valence-corrected chi connectivity index (χ4v) is 2.31. The van der Waals surface area contributed by atoms with Crippen LogP contribution in [0.25, 0.3) is 0 Å². The largest absolute Gasteiger partial charge is 0.295 e. The number of hydrogen-bond acceptors (Lipinski definition) is 5. The van der Waals surface area contributed by atoms with Crippen molar-refractivity contribution in [1.29, 1.82) is 0 Å². The monoisotopic (exact) mass is 280 g/mol. The summed E-state index contributed by atoms with van der Waals surface area (Å²) in [6, 6.07) is 3.60. The Balaban J connectivity index is 1.90. The van der Waals surface area contributed by atoms with Crippen LogP contribution in [-0.4, -0.2) is 20.2 Å². The van der Waals surface area contributed by atoms with E-state index in [2.05, 4.69) is 19.7 Å². The predicted octanol–water partition coefficient (Wildman–Crippen LogP) is 2.72. The topological polar surface area (TPSA) is 67.8 Å². The number of pyridine rings is 1. The highest BCUT2D eigenvalue weighted by Crippen LogP contribution is 2.41. The maximum atomic E-state index is 12.1. The first-order valence-electron chi connectivity index (χ1n) is 5.48. The molecule has 1 saturated carbocycles. The van der Waals surface area contributed by atoms with Gasteiger partial charge in [-0.05, 0) is 30.4 Å². The van der Waals surface area contributed by atoms with Crippen molar-refractivity contribution >= 4 is 34.2 Å². The number of carbonyl (C=O) groups is 1. The molecule has 1 aliphatic carbocycles. The molecule has 0 aromatic carbocycles. The first-order valence-corrected chi connectivity index (χ1v) is 6.63. The van der Waals surface area contributed by atoms with Crippen molar-refractivity contribution in [2.75, 3.05) is 5.32 Å². The fraction of sp³-hybridized carbons (Fsp3) is 0.273. The lowest BCUT2D eigenvalue weighted by Gasteiger charge is -2.07. The van der Waals surface area contributed by atoms with Crippen molar-refractivity contribution in [1.82, 2.24) is 14.3 Å². The molecule has 2 heterocycles. The van der Waals surface area contributed by atoms with Crippen LogP contribution in [0.15, 0.2) is 18.5 Å². The van der Waals surface area contributed by atoms with Gasteiger partial charge in [-0.15, -0.1) is 0 Å². The second kappa shape index (κ2) is 4.62. The highest BCUT2D eigenvalue weighted by atomic mass is 35.5. The van der Waals surface area contributed by atoms with Crippen molar-refractivity contribution in [2.24, 2.45) is 0 Å². The van der Waals surface area contributed by atoms with Crippen molar-refractivity contribution in [3.05, 3.63) is 34.9 Å². The van der Waals surface area contributed by atoms with E-state index in [9.17, 15) is 4.79 Å². The molecule has 1 fully saturated rings. The van der Waals surface area contributed by atoms with Crippen LogP contribution in [0.3, 0.4) is 0 Å². The highest BCUT2D eigenvalue weighted by molar-refractivity contribution is 7.09. The number of amides is 1. The number of rotatable bonds is 3. The molecule has 5 nitrogen and oxygen atoms in total. The van der Waals surface area contributed by atoms with E-state index in [1.54, 1.807) is 6.07 Å². The highest BCUT2D eigenvalue weighted by Gasteiger charge is 2.29. The van der Waals surface area contributed by atoms with Gasteiger partial charge in [-0.25, -0.2) is 9.97 Å². The van der Waals surface area contributed by atoms with Gasteiger partial charge in [0.15, 0.2) is 0 Å². The Hall–Kier alpha value is -1.53. The van der Waals surface area contributed by atoms with Gasteiger partial charge in [0.05, 0.1) is 0 Å². The average Bonchev–Trinajstić information content (AvgIpc) is 3.08. The molecule has 0 aliphatic heterocycles. The Morgan fingerprint density at radius 3 is 2.94 bits per heavy atom. The molecule has 0 unspecified atom stereocenters. The van der Waals surface area contributed by atoms with Crippen molar-refractivity contribution in [2.45, 2.75) is 18.8 Å². The summed E-state index contributed by atoms with van der Waals surface area (Å²) < 4.78 is 3.83. The summed E-state index contributed by atoms with van der Waals surface area (Å²) in [6.45, 7) is 0. The van der Waals surface area contributed by atoms with Gasteiger partial charge in [-0.2, -0.15) is 4.37 Å². The zero-order chi connectivity index (χ0) is 12.5. The summed E-state index contributed by atoms with van der Waals surface area (Å²) in [5, 5.41) is 3.46. The lowest BCUT2D eigenvalue weighted by molar-refractivity contribution is 0.102. The van der Waals surface area contributed by atoms with Gasteiger partial charge in [-0.1, -0.05) is 17.7 Å². The maximum Gasteiger partial charge on any atom is 0.276 e. The molecule has 18 heavy (non-hydrogen) atoms. The Morgan fingerprint density at radius 2 is 2.28 bits per heavy atom. The Kier molecular flexibility index (Phi) is 2.97. The molecule has 7 heteroatoms. The Morgan fingerprint density at radius 1 is 1.44 bits per heavy atom. The molecule has 1 amide bonds. The molecule has 2 aromatic rings. The first-order chi connectivity index (χ1) is 8.74. The van der Waals surface area contributed by atoms with E-state index < -0.39 is 0 Å². The lowest BCUT2D eigenvalue weighted by atomic mass is 10.1. The van der Waals surface area contributed by atoms with Gasteiger partial charge in [0.1, 0.15) is 17.2 Å². The minimum Gasteiger partial charge on any atom is -0.295 e. The van der Waals surface area contributed by atoms with Crippen LogP contribution >= 0.6 is 23.1 Å². The van der Waals surface area contributed by atoms with Gasteiger partial charge in [0, 0.05) is 11.5 Å². The van der Waals surface area contributed by atoms with Crippen LogP contribution in [0.2, 0.25) is 5.15 Å². The van der Waals surface area contributed by atoms with Gasteiger partial charge in [-0.3, -0.25) is 10.1 Å². The van der Waals surface area contributed by atoms with Crippen molar-refractivity contribution in [3.8, 4) is 0 Å². The molecule has 0 bridgehead atoms. The minimum absolute atomic E-state index is 0.281. The number of halogens is 1. The predicted molar refractivity (Wildman–Crippen MR) is 69.1 cm³/mol. The third-order valence-corrected chi connectivity index (χ3v) is 3.50. The average molecular weight is 281 g/mol. The molecule has 0 saturated heterocycles. The number of hydrogen-bond donors (Lipinski definition) is 1. The molecule has 1 aliphatic rings. The molecule has 2 aromatic heterocycles. The summed E-state index contributed by atoms with van der Waals surface area (Å²) >= 11 is 6.98. The Bertz CT molecular complexity index is 583. The zero-order valence-electron chi connectivity index (χ0n) is 9.26. The number of aromatic nitrogens is 3. The van der Waals surface area contributed by atoms with Gasteiger partial charge in [0.25, 0.3) is 5.91 Å². The van der Waals surface area contributed by atoms with E-state index in [-0.39, 0.29) is 5.91 Å². The van der Waals surface area contributed by atoms with Crippen LogP contribution in [0.4, 0.5) is 5.13 Å². The quantitative estimate of drug-likeness (QED) is 0.878. The summed E-state index contributed by atoms with van der Waals surface area (Å²) in [4.78, 5) is 20.2. The molecule has 0 atom stereocenters. The van der Waals surface area contributed by atoms with E-state index in [1.165, 1.54) is 6.33 Å². The second-order valence-corrected chi connectivity index (χ2v) is 5.21. The molecule has 1 N–H and O–H groups in total. The Labute approximate surface area is 112 Å². The van der Waals surface area contributed by atoms with Gasteiger partial charge in [0.2, 0.25) is 5.13 Å².